The SMILES string of the molecule is CCOC(=O)OC1C=NOC1c1ccccc1. The Labute approximate surface area is 99.0 Å². The topological polar surface area (TPSA) is 57.1 Å². The maximum absolute atomic E-state index is 11.2. The summed E-state index contributed by atoms with van der Waals surface area (Å²) in [6.07, 6.45) is -0.207. The van der Waals surface area contributed by atoms with Crippen molar-refractivity contribution in [3.8, 4) is 0 Å². The van der Waals surface area contributed by atoms with Crippen molar-refractivity contribution in [3.05, 3.63) is 35.9 Å². The van der Waals surface area contributed by atoms with E-state index in [0.29, 0.717) is 0 Å². The summed E-state index contributed by atoms with van der Waals surface area (Å²) >= 11 is 0. The van der Waals surface area contributed by atoms with Gasteiger partial charge in [0.05, 0.1) is 12.8 Å². The second-order valence-electron chi connectivity index (χ2n) is 3.46. The van der Waals surface area contributed by atoms with Crippen molar-refractivity contribution in [3.63, 3.8) is 0 Å². The average Bonchev–Trinajstić information content (AvgIpc) is 2.78. The molecule has 0 N–H and O–H groups in total. The van der Waals surface area contributed by atoms with E-state index in [-0.39, 0.29) is 6.61 Å². The van der Waals surface area contributed by atoms with Crippen molar-refractivity contribution in [1.29, 1.82) is 0 Å². The average molecular weight is 235 g/mol. The number of hydrogen-bond donors (Lipinski definition) is 0. The maximum atomic E-state index is 11.2. The van der Waals surface area contributed by atoms with Gasteiger partial charge in [0.15, 0.2) is 12.2 Å². The lowest BCUT2D eigenvalue weighted by molar-refractivity contribution is -0.0157. The Morgan fingerprint density at radius 3 is 2.88 bits per heavy atom. The molecule has 2 rings (SSSR count). The first kappa shape index (κ1) is 11.4. The lowest BCUT2D eigenvalue weighted by Crippen LogP contribution is -2.24. The molecule has 1 aromatic rings. The van der Waals surface area contributed by atoms with Gasteiger partial charge in [-0.3, -0.25) is 0 Å². The smallest absolute Gasteiger partial charge is 0.435 e. The summed E-state index contributed by atoms with van der Waals surface area (Å²) in [5, 5.41) is 3.68. The number of carbonyl (C=O) groups excluding carboxylic acids is 1. The van der Waals surface area contributed by atoms with Crippen LogP contribution in [0, 0.1) is 0 Å². The number of benzene rings is 1. The minimum absolute atomic E-state index is 0.277. The molecule has 1 aromatic carbocycles. The molecule has 5 nitrogen and oxygen atoms in total. The van der Waals surface area contributed by atoms with Crippen LogP contribution < -0.4 is 0 Å². The highest BCUT2D eigenvalue weighted by molar-refractivity contribution is 5.70. The van der Waals surface area contributed by atoms with Crippen LogP contribution in [0.4, 0.5) is 4.79 Å². The summed E-state index contributed by atoms with van der Waals surface area (Å²) in [5.41, 5.74) is 0.902. The second-order valence-corrected chi connectivity index (χ2v) is 3.46. The highest BCUT2D eigenvalue weighted by Crippen LogP contribution is 2.26. The summed E-state index contributed by atoms with van der Waals surface area (Å²) in [5.74, 6) is 0. The molecule has 5 heteroatoms. The van der Waals surface area contributed by atoms with E-state index in [1.165, 1.54) is 6.21 Å². The number of oxime groups is 1. The van der Waals surface area contributed by atoms with Gasteiger partial charge in [0.25, 0.3) is 0 Å². The molecule has 0 saturated carbocycles. The third-order valence-corrected chi connectivity index (χ3v) is 2.30. The lowest BCUT2D eigenvalue weighted by atomic mass is 10.1. The molecule has 2 atom stereocenters. The van der Waals surface area contributed by atoms with Gasteiger partial charge in [-0.2, -0.15) is 0 Å². The lowest BCUT2D eigenvalue weighted by Gasteiger charge is -2.16. The molecule has 2 unspecified atom stereocenters. The standard InChI is InChI=1S/C12H13NO4/c1-2-15-12(14)16-10-8-13-17-11(10)9-6-4-3-5-7-9/h3-8,10-11H,2H2,1H3. The van der Waals surface area contributed by atoms with Crippen molar-refractivity contribution in [2.45, 2.75) is 19.1 Å². The molecule has 90 valence electrons. The fourth-order valence-electron chi connectivity index (χ4n) is 1.55. The van der Waals surface area contributed by atoms with E-state index in [4.69, 9.17) is 14.3 Å². The van der Waals surface area contributed by atoms with Crippen LogP contribution in [0.2, 0.25) is 0 Å². The van der Waals surface area contributed by atoms with E-state index in [1.54, 1.807) is 6.92 Å². The summed E-state index contributed by atoms with van der Waals surface area (Å²) in [4.78, 5) is 16.4. The molecule has 1 aliphatic heterocycles. The Kier molecular flexibility index (Phi) is 3.59. The summed E-state index contributed by atoms with van der Waals surface area (Å²) in [6, 6.07) is 9.46. The highest BCUT2D eigenvalue weighted by Gasteiger charge is 2.32. The molecular weight excluding hydrogens is 222 g/mol. The van der Waals surface area contributed by atoms with Crippen LogP contribution in [-0.4, -0.2) is 25.1 Å². The number of rotatable bonds is 3. The van der Waals surface area contributed by atoms with Crippen molar-refractivity contribution >= 4 is 12.4 Å². The van der Waals surface area contributed by atoms with Crippen molar-refractivity contribution < 1.29 is 19.1 Å². The van der Waals surface area contributed by atoms with Crippen LogP contribution in [0.15, 0.2) is 35.5 Å². The predicted octanol–water partition coefficient (Wildman–Crippen LogP) is 2.29. The number of ether oxygens (including phenoxy) is 2. The minimum atomic E-state index is -0.713. The van der Waals surface area contributed by atoms with Gasteiger partial charge in [0.1, 0.15) is 0 Å². The number of hydrogen-bond acceptors (Lipinski definition) is 5. The van der Waals surface area contributed by atoms with Crippen molar-refractivity contribution in [1.82, 2.24) is 0 Å². The van der Waals surface area contributed by atoms with Crippen LogP contribution in [0.25, 0.3) is 0 Å². The molecule has 0 bridgehead atoms. The molecular formula is C12H13NO4. The zero-order valence-corrected chi connectivity index (χ0v) is 9.41. The molecule has 0 saturated heterocycles. The third kappa shape index (κ3) is 2.75. The molecule has 0 spiro atoms. The summed E-state index contributed by atoms with van der Waals surface area (Å²) in [7, 11) is 0. The first-order valence-electron chi connectivity index (χ1n) is 5.39. The van der Waals surface area contributed by atoms with Crippen LogP contribution in [0.5, 0.6) is 0 Å². The zero-order chi connectivity index (χ0) is 12.1. The summed E-state index contributed by atoms with van der Waals surface area (Å²) < 4.78 is 9.79. The monoisotopic (exact) mass is 235 g/mol. The van der Waals surface area contributed by atoms with E-state index < -0.39 is 18.4 Å². The number of carbonyl (C=O) groups is 1. The van der Waals surface area contributed by atoms with E-state index in [0.717, 1.165) is 5.56 Å². The second kappa shape index (κ2) is 5.34. The Morgan fingerprint density at radius 1 is 1.41 bits per heavy atom. The van der Waals surface area contributed by atoms with Gasteiger partial charge < -0.3 is 14.3 Å². The van der Waals surface area contributed by atoms with Gasteiger partial charge >= 0.3 is 6.16 Å². The fourth-order valence-corrected chi connectivity index (χ4v) is 1.55. The van der Waals surface area contributed by atoms with Crippen LogP contribution >= 0.6 is 0 Å². The quantitative estimate of drug-likeness (QED) is 0.754. The van der Waals surface area contributed by atoms with Crippen molar-refractivity contribution in [2.75, 3.05) is 6.61 Å². The Hall–Kier alpha value is -2.04. The molecule has 17 heavy (non-hydrogen) atoms. The Bertz CT molecular complexity index is 404. The molecule has 0 aromatic heterocycles. The van der Waals surface area contributed by atoms with Gasteiger partial charge in [-0.15, -0.1) is 0 Å². The van der Waals surface area contributed by atoms with Gasteiger partial charge in [-0.05, 0) is 12.5 Å². The molecule has 1 aliphatic rings. The van der Waals surface area contributed by atoms with E-state index in [2.05, 4.69) is 5.16 Å². The predicted molar refractivity (Wildman–Crippen MR) is 60.7 cm³/mol. The Morgan fingerprint density at radius 2 is 2.18 bits per heavy atom. The largest absolute Gasteiger partial charge is 0.509 e. The van der Waals surface area contributed by atoms with Gasteiger partial charge in [-0.25, -0.2) is 4.79 Å². The number of nitrogens with zero attached hydrogens (tertiary/aromatic N) is 1. The summed E-state index contributed by atoms with van der Waals surface area (Å²) in [6.45, 7) is 1.99. The third-order valence-electron chi connectivity index (χ3n) is 2.30. The van der Waals surface area contributed by atoms with Crippen molar-refractivity contribution in [2.24, 2.45) is 5.16 Å². The van der Waals surface area contributed by atoms with Gasteiger partial charge in [-0.1, -0.05) is 35.5 Å². The molecule has 0 aliphatic carbocycles. The van der Waals surface area contributed by atoms with E-state index >= 15 is 0 Å². The minimum Gasteiger partial charge on any atom is -0.435 e. The Balaban J connectivity index is 2.02. The normalized spacial score (nSPS) is 21.9. The first-order chi connectivity index (χ1) is 8.31. The van der Waals surface area contributed by atoms with Crippen LogP contribution in [0.3, 0.4) is 0 Å². The van der Waals surface area contributed by atoms with Gasteiger partial charge in [0, 0.05) is 0 Å². The molecule has 1 heterocycles. The van der Waals surface area contributed by atoms with Crippen LogP contribution in [0.1, 0.15) is 18.6 Å². The first-order valence-corrected chi connectivity index (χ1v) is 5.39. The zero-order valence-electron chi connectivity index (χ0n) is 9.41. The van der Waals surface area contributed by atoms with E-state index in [9.17, 15) is 4.79 Å². The molecule has 0 radical (unpaired) electrons. The maximum Gasteiger partial charge on any atom is 0.509 e. The van der Waals surface area contributed by atoms with Crippen LogP contribution in [-0.2, 0) is 14.3 Å². The fraction of sp³-hybridized carbons (Fsp3) is 0.333. The molecule has 0 fully saturated rings. The van der Waals surface area contributed by atoms with E-state index in [1.807, 2.05) is 30.3 Å². The molecule has 0 amide bonds. The highest BCUT2D eigenvalue weighted by atomic mass is 16.7. The van der Waals surface area contributed by atoms with Gasteiger partial charge in [0.2, 0.25) is 0 Å².